The van der Waals surface area contributed by atoms with Gasteiger partial charge in [-0.2, -0.15) is 0 Å². The van der Waals surface area contributed by atoms with Gasteiger partial charge in [0.25, 0.3) is 5.91 Å². The number of carbonyl (C=O) groups is 2. The summed E-state index contributed by atoms with van der Waals surface area (Å²) in [4.78, 5) is 23.7. The molecule has 0 bridgehead atoms. The smallest absolute Gasteiger partial charge is 0.258 e. The van der Waals surface area contributed by atoms with Crippen molar-refractivity contribution in [2.75, 3.05) is 20.3 Å². The molecule has 2 N–H and O–H groups in total. The lowest BCUT2D eigenvalue weighted by atomic mass is 10.1. The van der Waals surface area contributed by atoms with Crippen molar-refractivity contribution in [3.05, 3.63) is 60.2 Å². The van der Waals surface area contributed by atoms with Crippen LogP contribution in [-0.4, -0.2) is 32.1 Å². The van der Waals surface area contributed by atoms with Gasteiger partial charge >= 0.3 is 0 Å². The number of hydrogen-bond acceptors (Lipinski definition) is 4. The second kappa shape index (κ2) is 9.32. The normalized spacial score (nSPS) is 11.3. The lowest BCUT2D eigenvalue weighted by Crippen LogP contribution is -2.39. The number of carbonyl (C=O) groups excluding carboxylic acids is 2. The van der Waals surface area contributed by atoms with Crippen LogP contribution in [0.25, 0.3) is 0 Å². The van der Waals surface area contributed by atoms with Crippen LogP contribution in [0.5, 0.6) is 11.5 Å². The van der Waals surface area contributed by atoms with E-state index in [2.05, 4.69) is 10.6 Å². The highest BCUT2D eigenvalue weighted by Gasteiger charge is 2.11. The number of rotatable bonds is 8. The first-order valence-corrected chi connectivity index (χ1v) is 7.97. The van der Waals surface area contributed by atoms with Gasteiger partial charge in [-0.15, -0.1) is 0 Å². The van der Waals surface area contributed by atoms with Gasteiger partial charge in [0.15, 0.2) is 18.1 Å². The zero-order valence-corrected chi connectivity index (χ0v) is 14.3. The Morgan fingerprint density at radius 1 is 0.960 bits per heavy atom. The molecule has 0 radical (unpaired) electrons. The highest BCUT2D eigenvalue weighted by atomic mass is 16.5. The Hall–Kier alpha value is -3.02. The summed E-state index contributed by atoms with van der Waals surface area (Å²) in [6.07, 6.45) is 0. The number of para-hydroxylation sites is 2. The molecule has 0 aliphatic heterocycles. The van der Waals surface area contributed by atoms with Gasteiger partial charge in [-0.25, -0.2) is 0 Å². The zero-order chi connectivity index (χ0) is 18.1. The first kappa shape index (κ1) is 18.3. The van der Waals surface area contributed by atoms with Crippen molar-refractivity contribution in [2.24, 2.45) is 0 Å². The summed E-state index contributed by atoms with van der Waals surface area (Å²) in [6, 6.07) is 16.5. The second-order valence-corrected chi connectivity index (χ2v) is 5.42. The molecule has 0 fully saturated rings. The molecule has 1 unspecified atom stereocenters. The van der Waals surface area contributed by atoms with Crippen LogP contribution in [0, 0.1) is 0 Å². The van der Waals surface area contributed by atoms with Crippen LogP contribution in [0.1, 0.15) is 18.5 Å². The molecule has 6 heteroatoms. The Labute approximate surface area is 147 Å². The Balaban J connectivity index is 1.73. The first-order valence-electron chi connectivity index (χ1n) is 7.97. The van der Waals surface area contributed by atoms with E-state index in [0.717, 1.165) is 5.56 Å². The van der Waals surface area contributed by atoms with Crippen LogP contribution in [0.15, 0.2) is 54.6 Å². The SMILES string of the molecule is COc1ccccc1OCC(=O)NCC(=O)NC(C)c1ccccc1. The highest BCUT2D eigenvalue weighted by Crippen LogP contribution is 2.25. The molecule has 6 nitrogen and oxygen atoms in total. The monoisotopic (exact) mass is 342 g/mol. The average molecular weight is 342 g/mol. The molecule has 0 aliphatic rings. The van der Waals surface area contributed by atoms with Gasteiger partial charge in [0.05, 0.1) is 19.7 Å². The van der Waals surface area contributed by atoms with Gasteiger partial charge in [-0.1, -0.05) is 42.5 Å². The number of ether oxygens (including phenoxy) is 2. The highest BCUT2D eigenvalue weighted by molar-refractivity contribution is 5.85. The molecule has 2 aromatic rings. The number of nitrogens with one attached hydrogen (secondary N) is 2. The zero-order valence-electron chi connectivity index (χ0n) is 14.3. The fraction of sp³-hybridized carbons (Fsp3) is 0.263. The standard InChI is InChI=1S/C19H22N2O4/c1-14(15-8-4-3-5-9-15)21-18(22)12-20-19(23)13-25-17-11-7-6-10-16(17)24-2/h3-11,14H,12-13H2,1-2H3,(H,20,23)(H,21,22). The molecule has 0 heterocycles. The first-order chi connectivity index (χ1) is 12.1. The number of benzene rings is 2. The Kier molecular flexibility index (Phi) is 6.83. The average Bonchev–Trinajstić information content (AvgIpc) is 2.65. The molecule has 0 aliphatic carbocycles. The van der Waals surface area contributed by atoms with E-state index in [9.17, 15) is 9.59 Å². The van der Waals surface area contributed by atoms with Crippen molar-refractivity contribution < 1.29 is 19.1 Å². The molecule has 0 saturated heterocycles. The van der Waals surface area contributed by atoms with Gasteiger partial charge in [0.1, 0.15) is 0 Å². The molecular formula is C19H22N2O4. The van der Waals surface area contributed by atoms with E-state index >= 15 is 0 Å². The van der Waals surface area contributed by atoms with Crippen LogP contribution in [0.3, 0.4) is 0 Å². The topological polar surface area (TPSA) is 76.7 Å². The van der Waals surface area contributed by atoms with Crippen LogP contribution in [0.4, 0.5) is 0 Å². The van der Waals surface area contributed by atoms with Crippen LogP contribution >= 0.6 is 0 Å². The van der Waals surface area contributed by atoms with Crippen molar-refractivity contribution >= 4 is 11.8 Å². The van der Waals surface area contributed by atoms with Crippen molar-refractivity contribution in [2.45, 2.75) is 13.0 Å². The molecule has 2 amide bonds. The molecule has 132 valence electrons. The molecular weight excluding hydrogens is 320 g/mol. The van der Waals surface area contributed by atoms with E-state index in [4.69, 9.17) is 9.47 Å². The molecule has 0 saturated carbocycles. The molecule has 2 aromatic carbocycles. The van der Waals surface area contributed by atoms with E-state index in [1.807, 2.05) is 43.3 Å². The number of methoxy groups -OCH3 is 1. The van der Waals surface area contributed by atoms with Crippen LogP contribution in [-0.2, 0) is 9.59 Å². The molecule has 1 atom stereocenters. The minimum absolute atomic E-state index is 0.106. The predicted molar refractivity (Wildman–Crippen MR) is 94.5 cm³/mol. The largest absolute Gasteiger partial charge is 0.493 e. The molecule has 25 heavy (non-hydrogen) atoms. The molecule has 0 aromatic heterocycles. The number of hydrogen-bond donors (Lipinski definition) is 2. The van der Waals surface area contributed by atoms with Gasteiger partial charge in [0.2, 0.25) is 5.91 Å². The van der Waals surface area contributed by atoms with E-state index in [1.165, 1.54) is 7.11 Å². The fourth-order valence-electron chi connectivity index (χ4n) is 2.23. The summed E-state index contributed by atoms with van der Waals surface area (Å²) in [5.74, 6) is 0.377. The van der Waals surface area contributed by atoms with Crippen LogP contribution < -0.4 is 20.1 Å². The summed E-state index contributed by atoms with van der Waals surface area (Å²) >= 11 is 0. The quantitative estimate of drug-likeness (QED) is 0.770. The van der Waals surface area contributed by atoms with E-state index in [-0.39, 0.29) is 31.0 Å². The Morgan fingerprint density at radius 3 is 2.28 bits per heavy atom. The molecule has 0 spiro atoms. The maximum atomic E-state index is 11.9. The lowest BCUT2D eigenvalue weighted by molar-refractivity contribution is -0.127. The minimum atomic E-state index is -0.381. The fourth-order valence-corrected chi connectivity index (χ4v) is 2.23. The van der Waals surface area contributed by atoms with Crippen molar-refractivity contribution in [3.63, 3.8) is 0 Å². The van der Waals surface area contributed by atoms with Gasteiger partial charge in [-0.3, -0.25) is 9.59 Å². The van der Waals surface area contributed by atoms with Gasteiger partial charge in [0, 0.05) is 0 Å². The lowest BCUT2D eigenvalue weighted by Gasteiger charge is -2.15. The van der Waals surface area contributed by atoms with E-state index in [0.29, 0.717) is 11.5 Å². The molecule has 2 rings (SSSR count). The summed E-state index contributed by atoms with van der Waals surface area (Å²) in [5, 5.41) is 5.36. The third-order valence-corrected chi connectivity index (χ3v) is 3.55. The van der Waals surface area contributed by atoms with E-state index in [1.54, 1.807) is 18.2 Å². The summed E-state index contributed by atoms with van der Waals surface area (Å²) < 4.78 is 10.5. The minimum Gasteiger partial charge on any atom is -0.493 e. The third-order valence-electron chi connectivity index (χ3n) is 3.55. The predicted octanol–water partition coefficient (Wildman–Crippen LogP) is 2.07. The van der Waals surface area contributed by atoms with Crippen LogP contribution in [0.2, 0.25) is 0 Å². The summed E-state index contributed by atoms with van der Waals surface area (Å²) in [7, 11) is 1.53. The summed E-state index contributed by atoms with van der Waals surface area (Å²) in [6.45, 7) is 1.59. The number of amides is 2. The van der Waals surface area contributed by atoms with Gasteiger partial charge in [-0.05, 0) is 24.6 Å². The van der Waals surface area contributed by atoms with Crippen molar-refractivity contribution in [1.29, 1.82) is 0 Å². The van der Waals surface area contributed by atoms with E-state index < -0.39 is 0 Å². The Morgan fingerprint density at radius 2 is 1.60 bits per heavy atom. The Bertz CT molecular complexity index is 704. The van der Waals surface area contributed by atoms with Crippen molar-refractivity contribution in [3.8, 4) is 11.5 Å². The van der Waals surface area contributed by atoms with Crippen molar-refractivity contribution in [1.82, 2.24) is 10.6 Å². The second-order valence-electron chi connectivity index (χ2n) is 5.42. The maximum absolute atomic E-state index is 11.9. The summed E-state index contributed by atoms with van der Waals surface area (Å²) in [5.41, 5.74) is 1.00. The maximum Gasteiger partial charge on any atom is 0.258 e. The third kappa shape index (κ3) is 5.84. The van der Waals surface area contributed by atoms with Gasteiger partial charge < -0.3 is 20.1 Å².